The Labute approximate surface area is 89.5 Å². The lowest BCUT2D eigenvalue weighted by molar-refractivity contribution is -0.126. The van der Waals surface area contributed by atoms with Crippen molar-refractivity contribution in [2.45, 2.75) is 6.92 Å². The SMILES string of the molecule is CC(=O)N(C)C.CN(C)C.CN(C)C. The van der Waals surface area contributed by atoms with E-state index in [1.54, 1.807) is 14.1 Å². The van der Waals surface area contributed by atoms with Gasteiger partial charge in [0.1, 0.15) is 0 Å². The molecule has 4 heteroatoms. The second kappa shape index (κ2) is 12.4. The van der Waals surface area contributed by atoms with Crippen LogP contribution in [0.25, 0.3) is 0 Å². The van der Waals surface area contributed by atoms with Crippen molar-refractivity contribution in [1.29, 1.82) is 0 Å². The summed E-state index contributed by atoms with van der Waals surface area (Å²) in [7, 11) is 15.4. The molecule has 0 aliphatic rings. The Morgan fingerprint density at radius 3 is 0.786 bits per heavy atom. The number of carbonyl (C=O) groups is 1. The molecule has 0 saturated carbocycles. The summed E-state index contributed by atoms with van der Waals surface area (Å²) in [6, 6.07) is 0. The minimum Gasteiger partial charge on any atom is -0.349 e. The van der Waals surface area contributed by atoms with Crippen LogP contribution in [0.15, 0.2) is 0 Å². The summed E-state index contributed by atoms with van der Waals surface area (Å²) in [6.07, 6.45) is 0. The van der Waals surface area contributed by atoms with Gasteiger partial charge in [-0.1, -0.05) is 0 Å². The van der Waals surface area contributed by atoms with E-state index in [2.05, 4.69) is 0 Å². The molecular formula is C10H27N3O. The van der Waals surface area contributed by atoms with Gasteiger partial charge in [-0.2, -0.15) is 0 Å². The lowest BCUT2D eigenvalue weighted by Crippen LogP contribution is -2.17. The van der Waals surface area contributed by atoms with E-state index in [1.807, 2.05) is 52.1 Å². The maximum atomic E-state index is 10.1. The van der Waals surface area contributed by atoms with Crippen molar-refractivity contribution >= 4 is 5.91 Å². The van der Waals surface area contributed by atoms with E-state index in [0.717, 1.165) is 0 Å². The number of nitrogens with zero attached hydrogens (tertiary/aromatic N) is 3. The van der Waals surface area contributed by atoms with Gasteiger partial charge in [-0.05, 0) is 42.3 Å². The second-order valence-corrected chi connectivity index (χ2v) is 4.10. The first-order valence-corrected chi connectivity index (χ1v) is 4.51. The van der Waals surface area contributed by atoms with Gasteiger partial charge < -0.3 is 14.7 Å². The van der Waals surface area contributed by atoms with E-state index in [0.29, 0.717) is 0 Å². The molecule has 0 rings (SSSR count). The van der Waals surface area contributed by atoms with E-state index in [-0.39, 0.29) is 5.91 Å². The van der Waals surface area contributed by atoms with E-state index in [9.17, 15) is 4.79 Å². The molecule has 0 N–H and O–H groups in total. The van der Waals surface area contributed by atoms with Crippen LogP contribution in [0.3, 0.4) is 0 Å². The van der Waals surface area contributed by atoms with E-state index in [1.165, 1.54) is 11.8 Å². The summed E-state index contributed by atoms with van der Waals surface area (Å²) in [4.78, 5) is 15.6. The molecule has 0 aromatic heterocycles. The smallest absolute Gasteiger partial charge is 0.218 e. The molecule has 1 amide bonds. The van der Waals surface area contributed by atoms with Crippen LogP contribution >= 0.6 is 0 Å². The first-order chi connectivity index (χ1) is 6.11. The predicted molar refractivity (Wildman–Crippen MR) is 63.6 cm³/mol. The predicted octanol–water partition coefficient (Wildman–Crippen LogP) is 0.450. The molecule has 0 aromatic carbocycles. The van der Waals surface area contributed by atoms with Crippen molar-refractivity contribution in [1.82, 2.24) is 14.7 Å². The highest BCUT2D eigenvalue weighted by molar-refractivity contribution is 5.72. The number of hydrogen-bond donors (Lipinski definition) is 0. The third kappa shape index (κ3) is 107. The van der Waals surface area contributed by atoms with Crippen LogP contribution < -0.4 is 0 Å². The number of carbonyl (C=O) groups excluding carboxylic acids is 1. The molecule has 0 aromatic rings. The third-order valence-corrected chi connectivity index (χ3v) is 0.630. The van der Waals surface area contributed by atoms with Crippen LogP contribution in [0.1, 0.15) is 6.92 Å². The molecule has 4 nitrogen and oxygen atoms in total. The van der Waals surface area contributed by atoms with E-state index >= 15 is 0 Å². The molecule has 88 valence electrons. The molecule has 0 aliphatic carbocycles. The fourth-order valence-corrected chi connectivity index (χ4v) is 0. The molecule has 0 spiro atoms. The average Bonchev–Trinajstić information content (AvgIpc) is 1.83. The van der Waals surface area contributed by atoms with Crippen molar-refractivity contribution < 1.29 is 4.79 Å². The topological polar surface area (TPSA) is 26.8 Å². The van der Waals surface area contributed by atoms with Gasteiger partial charge >= 0.3 is 0 Å². The van der Waals surface area contributed by atoms with Crippen molar-refractivity contribution in [2.75, 3.05) is 56.4 Å². The average molecular weight is 205 g/mol. The molecule has 0 saturated heterocycles. The number of hydrogen-bond acceptors (Lipinski definition) is 3. The monoisotopic (exact) mass is 205 g/mol. The van der Waals surface area contributed by atoms with Crippen LogP contribution in [0.5, 0.6) is 0 Å². The van der Waals surface area contributed by atoms with Crippen molar-refractivity contribution in [2.24, 2.45) is 0 Å². The third-order valence-electron chi connectivity index (χ3n) is 0.630. The summed E-state index contributed by atoms with van der Waals surface area (Å²) < 4.78 is 0. The van der Waals surface area contributed by atoms with E-state index in [4.69, 9.17) is 0 Å². The summed E-state index contributed by atoms with van der Waals surface area (Å²) in [5, 5.41) is 0. The zero-order chi connectivity index (χ0) is 12.3. The van der Waals surface area contributed by atoms with Crippen LogP contribution in [0, 0.1) is 0 Å². The largest absolute Gasteiger partial charge is 0.349 e. The van der Waals surface area contributed by atoms with Crippen LogP contribution in [-0.2, 0) is 4.79 Å². The molecule has 0 heterocycles. The van der Waals surface area contributed by atoms with Gasteiger partial charge in [0.2, 0.25) is 5.91 Å². The maximum Gasteiger partial charge on any atom is 0.218 e. The molecule has 14 heavy (non-hydrogen) atoms. The van der Waals surface area contributed by atoms with Crippen molar-refractivity contribution in [3.05, 3.63) is 0 Å². The zero-order valence-corrected chi connectivity index (χ0v) is 11.2. The quantitative estimate of drug-likeness (QED) is 0.574. The minimum absolute atomic E-state index is 0.0926. The molecular weight excluding hydrogens is 178 g/mol. The Hall–Kier alpha value is -0.610. The normalized spacial score (nSPS) is 8.50. The lowest BCUT2D eigenvalue weighted by atomic mass is 10.7. The van der Waals surface area contributed by atoms with E-state index < -0.39 is 0 Å². The van der Waals surface area contributed by atoms with Gasteiger partial charge in [-0.25, -0.2) is 0 Å². The lowest BCUT2D eigenvalue weighted by Gasteiger charge is -2.02. The Kier molecular flexibility index (Phi) is 16.9. The number of rotatable bonds is 0. The first-order valence-electron chi connectivity index (χ1n) is 4.51. The Bertz CT molecular complexity index is 111. The van der Waals surface area contributed by atoms with Gasteiger partial charge in [0.05, 0.1) is 0 Å². The van der Waals surface area contributed by atoms with Crippen LogP contribution in [0.4, 0.5) is 0 Å². The highest BCUT2D eigenvalue weighted by Crippen LogP contribution is 1.69. The van der Waals surface area contributed by atoms with Crippen LogP contribution in [0.2, 0.25) is 0 Å². The summed E-state index contributed by atoms with van der Waals surface area (Å²) >= 11 is 0. The molecule has 0 atom stereocenters. The second-order valence-electron chi connectivity index (χ2n) is 4.10. The minimum atomic E-state index is 0.0926. The Balaban J connectivity index is -0.000000135. The highest BCUT2D eigenvalue weighted by atomic mass is 16.2. The van der Waals surface area contributed by atoms with Gasteiger partial charge in [-0.15, -0.1) is 0 Å². The molecule has 0 bridgehead atoms. The molecule has 0 radical (unpaired) electrons. The zero-order valence-electron chi connectivity index (χ0n) is 11.2. The molecule has 0 aliphatic heterocycles. The summed E-state index contributed by atoms with van der Waals surface area (Å²) in [5.74, 6) is 0.0926. The highest BCUT2D eigenvalue weighted by Gasteiger charge is 1.87. The Morgan fingerprint density at radius 2 is 0.786 bits per heavy atom. The van der Waals surface area contributed by atoms with Gasteiger partial charge in [-0.3, -0.25) is 4.79 Å². The van der Waals surface area contributed by atoms with Gasteiger partial charge in [0, 0.05) is 21.0 Å². The first kappa shape index (κ1) is 19.0. The summed E-state index contributed by atoms with van der Waals surface area (Å²) in [5.41, 5.74) is 0. The fraction of sp³-hybridized carbons (Fsp3) is 0.900. The van der Waals surface area contributed by atoms with Crippen LogP contribution in [-0.4, -0.2) is 77.0 Å². The van der Waals surface area contributed by atoms with Gasteiger partial charge in [0.25, 0.3) is 0 Å². The summed E-state index contributed by atoms with van der Waals surface area (Å²) in [6.45, 7) is 1.53. The standard InChI is InChI=1S/C4H9NO.2C3H9N/c1-4(6)5(2)3;2*1-4(2)3/h1-3H3;2*1-3H3. The number of amides is 1. The fourth-order valence-electron chi connectivity index (χ4n) is 0. The van der Waals surface area contributed by atoms with Crippen molar-refractivity contribution in [3.63, 3.8) is 0 Å². The van der Waals surface area contributed by atoms with Crippen molar-refractivity contribution in [3.8, 4) is 0 Å². The van der Waals surface area contributed by atoms with Gasteiger partial charge in [0.15, 0.2) is 0 Å². The Morgan fingerprint density at radius 1 is 0.714 bits per heavy atom. The molecule has 0 fully saturated rings. The molecule has 0 unspecified atom stereocenters. The maximum absolute atomic E-state index is 10.1.